The van der Waals surface area contributed by atoms with Crippen LogP contribution < -0.4 is 0 Å². The van der Waals surface area contributed by atoms with Gasteiger partial charge in [-0.05, 0) is 49.7 Å². The number of halogens is 2. The smallest absolute Gasteiger partial charge is 0.303 e. The molecule has 2 aromatic carbocycles. The zero-order valence-electron chi connectivity index (χ0n) is 20.2. The van der Waals surface area contributed by atoms with Crippen molar-refractivity contribution in [1.29, 1.82) is 0 Å². The van der Waals surface area contributed by atoms with Crippen molar-refractivity contribution in [2.75, 3.05) is 0 Å². The maximum absolute atomic E-state index is 11.0. The number of Topliss-reactive ketones (excluding diaryl/α,β-unsaturated/α-hetero) is 1. The molecule has 0 aliphatic heterocycles. The summed E-state index contributed by atoms with van der Waals surface area (Å²) < 4.78 is 0. The molecule has 36 heavy (non-hydrogen) atoms. The van der Waals surface area contributed by atoms with Gasteiger partial charge in [0.15, 0.2) is 0 Å². The molecule has 0 saturated heterocycles. The molecule has 1 N–H and O–H groups in total. The van der Waals surface area contributed by atoms with E-state index in [1.165, 1.54) is 11.1 Å². The standard InChI is InChI=1S/C13H17O.C11H14O2.C2H5.2CH4.I2.V.2Y/c1-2-13(14)11-7-6-10-12-8-4-3-5-9-12;12-11(13)9-5-4-8-10-6-2-1-3-7-10;1-2;;;1-2;;;/h3-5,8-9H,1-2,6-7,10-11H2;1-3,6-7H,4-5,8-9H2,(H,12,13);1H2,2H3;2*1H4;;;;/q-1;;-1;;;;;;. The van der Waals surface area contributed by atoms with E-state index in [1.807, 2.05) is 24.3 Å². The van der Waals surface area contributed by atoms with Crippen LogP contribution >= 0.6 is 37.2 Å². The molecule has 0 spiro atoms. The van der Waals surface area contributed by atoms with E-state index in [4.69, 9.17) is 5.11 Å². The van der Waals surface area contributed by atoms with E-state index in [0.29, 0.717) is 12.8 Å². The Morgan fingerprint density at radius 3 is 1.36 bits per heavy atom. The molecule has 2 rings (SSSR count). The number of aliphatic carboxylic acids is 1. The predicted molar refractivity (Wildman–Crippen MR) is 163 cm³/mol. The molecular formula is C28H44I2O3VY2-2. The number of carboxylic acids is 1. The van der Waals surface area contributed by atoms with E-state index < -0.39 is 5.97 Å². The van der Waals surface area contributed by atoms with E-state index in [1.54, 1.807) is 6.92 Å². The second-order valence-electron chi connectivity index (χ2n) is 6.57. The average Bonchev–Trinajstić information content (AvgIpc) is 2.83. The molecule has 0 amide bonds. The van der Waals surface area contributed by atoms with Crippen molar-refractivity contribution >= 4 is 49.0 Å². The second-order valence-corrected chi connectivity index (χ2v) is 6.57. The largest absolute Gasteiger partial charge is 0.481 e. The average molecular weight is 911 g/mol. The molecule has 201 valence electrons. The first kappa shape index (κ1) is 54.0. The summed E-state index contributed by atoms with van der Waals surface area (Å²) in [6, 6.07) is 20.5. The van der Waals surface area contributed by atoms with Crippen LogP contribution in [0.3, 0.4) is 0 Å². The van der Waals surface area contributed by atoms with Crippen molar-refractivity contribution in [2.45, 2.75) is 79.6 Å². The van der Waals surface area contributed by atoms with Gasteiger partial charge in [0, 0.05) is 134 Å². The summed E-state index contributed by atoms with van der Waals surface area (Å²) >= 11 is 4.24. The van der Waals surface area contributed by atoms with Gasteiger partial charge < -0.3 is 23.7 Å². The van der Waals surface area contributed by atoms with E-state index in [2.05, 4.69) is 87.5 Å². The van der Waals surface area contributed by atoms with Crippen molar-refractivity contribution in [2.24, 2.45) is 0 Å². The Kier molecular flexibility index (Phi) is 65.8. The third-order valence-electron chi connectivity index (χ3n) is 4.24. The van der Waals surface area contributed by atoms with Crippen LogP contribution in [0.25, 0.3) is 0 Å². The van der Waals surface area contributed by atoms with Crippen molar-refractivity contribution in [3.63, 3.8) is 0 Å². The number of hydrogen-bond donors (Lipinski definition) is 1. The SMILES string of the molecule is C.C.II.O=C(O)CCCCc1ccccc1.[CH2-]C.[CH2-]CC(=O)CCCCc1ccccc1.[V].[Y].[Y]. The van der Waals surface area contributed by atoms with Crippen LogP contribution in [-0.2, 0) is 106 Å². The van der Waals surface area contributed by atoms with Crippen molar-refractivity contribution in [3.8, 4) is 0 Å². The van der Waals surface area contributed by atoms with Crippen LogP contribution in [0, 0.1) is 13.8 Å². The van der Waals surface area contributed by atoms with Gasteiger partial charge >= 0.3 is 5.97 Å². The topological polar surface area (TPSA) is 54.4 Å². The number of hydrogen-bond acceptors (Lipinski definition) is 2. The molecule has 2 aromatic rings. The minimum absolute atomic E-state index is 0. The third-order valence-corrected chi connectivity index (χ3v) is 4.24. The van der Waals surface area contributed by atoms with Crippen LogP contribution in [0.1, 0.15) is 77.8 Å². The fourth-order valence-corrected chi connectivity index (χ4v) is 2.67. The normalized spacial score (nSPS) is 7.81. The number of rotatable bonds is 11. The molecule has 0 saturated carbocycles. The quantitative estimate of drug-likeness (QED) is 0.139. The molecule has 0 bridgehead atoms. The number of ketones is 1. The van der Waals surface area contributed by atoms with Crippen LogP contribution in [0.2, 0.25) is 0 Å². The monoisotopic (exact) mass is 911 g/mol. The summed E-state index contributed by atoms with van der Waals surface area (Å²) in [5.41, 5.74) is 2.64. The van der Waals surface area contributed by atoms with Gasteiger partial charge in [0.05, 0.1) is 0 Å². The summed E-state index contributed by atoms with van der Waals surface area (Å²) in [5, 5.41) is 8.41. The van der Waals surface area contributed by atoms with E-state index in [9.17, 15) is 9.59 Å². The van der Waals surface area contributed by atoms with Crippen molar-refractivity contribution in [1.82, 2.24) is 0 Å². The van der Waals surface area contributed by atoms with Crippen LogP contribution in [-0.4, -0.2) is 16.9 Å². The molecule has 0 atom stereocenters. The van der Waals surface area contributed by atoms with Crippen molar-refractivity contribution in [3.05, 3.63) is 85.6 Å². The zero-order valence-corrected chi connectivity index (χ0v) is 31.6. The summed E-state index contributed by atoms with van der Waals surface area (Å²) in [5.74, 6) is -0.425. The second kappa shape index (κ2) is 43.9. The number of carbonyl (C=O) groups excluding carboxylic acids is 1. The molecule has 8 heteroatoms. The van der Waals surface area contributed by atoms with E-state index >= 15 is 0 Å². The summed E-state index contributed by atoms with van der Waals surface area (Å²) in [4.78, 5) is 21.2. The Labute approximate surface area is 308 Å². The Bertz CT molecular complexity index is 664. The van der Waals surface area contributed by atoms with Gasteiger partial charge in [0.1, 0.15) is 5.78 Å². The van der Waals surface area contributed by atoms with Crippen LogP contribution in [0.4, 0.5) is 0 Å². The van der Waals surface area contributed by atoms with Gasteiger partial charge in [-0.2, -0.15) is 6.92 Å². The third kappa shape index (κ3) is 38.0. The molecule has 3 radical (unpaired) electrons. The first-order valence-corrected chi connectivity index (χ1v) is 16.9. The van der Waals surface area contributed by atoms with Gasteiger partial charge in [-0.3, -0.25) is 4.79 Å². The maximum Gasteiger partial charge on any atom is 0.303 e. The molecule has 0 aliphatic rings. The van der Waals surface area contributed by atoms with E-state index in [-0.39, 0.29) is 111 Å². The number of benzene rings is 2. The Morgan fingerprint density at radius 1 is 0.722 bits per heavy atom. The minimum Gasteiger partial charge on any atom is -0.481 e. The number of carbonyl (C=O) groups is 2. The molecule has 0 fully saturated rings. The minimum atomic E-state index is -0.701. The molecule has 3 nitrogen and oxygen atoms in total. The maximum atomic E-state index is 11.0. The van der Waals surface area contributed by atoms with E-state index in [0.717, 1.165) is 38.5 Å². The summed E-state index contributed by atoms with van der Waals surface area (Å²) in [6.45, 7) is 8.57. The van der Waals surface area contributed by atoms with Gasteiger partial charge in [-0.15, -0.1) is 6.42 Å². The first-order chi connectivity index (χ1) is 15.1. The summed E-state index contributed by atoms with van der Waals surface area (Å²) in [7, 11) is 0. The van der Waals surface area contributed by atoms with Gasteiger partial charge in [0.2, 0.25) is 0 Å². The zero-order chi connectivity index (χ0) is 23.7. The van der Waals surface area contributed by atoms with Gasteiger partial charge in [-0.25, -0.2) is 0 Å². The fourth-order valence-electron chi connectivity index (χ4n) is 2.67. The Morgan fingerprint density at radius 2 is 1.06 bits per heavy atom. The Hall–Kier alpha value is 1.83. The summed E-state index contributed by atoms with van der Waals surface area (Å²) in [6.07, 6.45) is 7.27. The fraction of sp³-hybridized carbons (Fsp3) is 0.429. The molecule has 0 aromatic heterocycles. The van der Waals surface area contributed by atoms with Crippen LogP contribution in [0.5, 0.6) is 0 Å². The molecule has 0 unspecified atom stereocenters. The molecular weight excluding hydrogens is 867 g/mol. The van der Waals surface area contributed by atoms with Crippen LogP contribution in [0.15, 0.2) is 60.7 Å². The number of aryl methyl sites for hydroxylation is 2. The van der Waals surface area contributed by atoms with Gasteiger partial charge in [-0.1, -0.05) is 75.5 Å². The first-order valence-electron chi connectivity index (χ1n) is 10.6. The van der Waals surface area contributed by atoms with Crippen molar-refractivity contribution < 1.29 is 98.7 Å². The van der Waals surface area contributed by atoms with Gasteiger partial charge in [0.25, 0.3) is 0 Å². The predicted octanol–water partition coefficient (Wildman–Crippen LogP) is 9.55. The number of unbranched alkanes of at least 4 members (excludes halogenated alkanes) is 2. The molecule has 0 aliphatic carbocycles. The Balaban J connectivity index is -0.0000000731. The number of carboxylic acid groups (broad SMARTS) is 1. The molecule has 0 heterocycles.